The monoisotopic (exact) mass is 324 g/mol. The second-order valence-electron chi connectivity index (χ2n) is 5.56. The minimum absolute atomic E-state index is 0.0948. The lowest BCUT2D eigenvalue weighted by molar-refractivity contribution is -0.115. The van der Waals surface area contributed by atoms with Gasteiger partial charge in [0.2, 0.25) is 5.91 Å². The van der Waals surface area contributed by atoms with Crippen LogP contribution in [-0.2, 0) is 11.2 Å². The zero-order chi connectivity index (χ0) is 17.1. The summed E-state index contributed by atoms with van der Waals surface area (Å²) in [5.74, 6) is 1.24. The quantitative estimate of drug-likeness (QED) is 0.752. The normalized spacial score (nSPS) is 10.6. The van der Waals surface area contributed by atoms with Crippen molar-refractivity contribution in [3.05, 3.63) is 53.7 Å². The maximum absolute atomic E-state index is 12.4. The number of anilines is 1. The van der Waals surface area contributed by atoms with Crippen molar-refractivity contribution in [2.75, 3.05) is 19.5 Å². The van der Waals surface area contributed by atoms with Gasteiger partial charge < -0.3 is 19.8 Å². The Morgan fingerprint density at radius 1 is 1.12 bits per heavy atom. The van der Waals surface area contributed by atoms with E-state index in [1.54, 1.807) is 20.3 Å². The zero-order valence-electron chi connectivity index (χ0n) is 14.0. The number of rotatable bonds is 5. The highest BCUT2D eigenvalue weighted by molar-refractivity contribution is 5.97. The molecule has 1 heterocycles. The number of carbonyl (C=O) groups excluding carboxylic acids is 1. The number of hydrogen-bond acceptors (Lipinski definition) is 3. The SMILES string of the molecule is COc1ccc(NC(=O)Cc2c[nH]c3ccccc23)c(OC)c1C. The molecule has 0 spiro atoms. The highest BCUT2D eigenvalue weighted by Gasteiger charge is 2.14. The van der Waals surface area contributed by atoms with Gasteiger partial charge in [-0.05, 0) is 30.7 Å². The van der Waals surface area contributed by atoms with Crippen molar-refractivity contribution in [1.29, 1.82) is 0 Å². The summed E-state index contributed by atoms with van der Waals surface area (Å²) in [7, 11) is 3.19. The molecule has 1 aromatic heterocycles. The molecule has 2 N–H and O–H groups in total. The molecule has 1 amide bonds. The highest BCUT2D eigenvalue weighted by Crippen LogP contribution is 2.35. The number of ether oxygens (including phenoxy) is 2. The van der Waals surface area contributed by atoms with Gasteiger partial charge in [0.15, 0.2) is 0 Å². The smallest absolute Gasteiger partial charge is 0.228 e. The van der Waals surface area contributed by atoms with E-state index < -0.39 is 0 Å². The first-order chi connectivity index (χ1) is 11.6. The Labute approximate surface area is 140 Å². The van der Waals surface area contributed by atoms with Crippen LogP contribution in [0.4, 0.5) is 5.69 Å². The van der Waals surface area contributed by atoms with Crippen molar-refractivity contribution in [3.63, 3.8) is 0 Å². The van der Waals surface area contributed by atoms with Gasteiger partial charge in [-0.1, -0.05) is 18.2 Å². The molecular weight excluding hydrogens is 304 g/mol. The number of amides is 1. The summed E-state index contributed by atoms with van der Waals surface area (Å²) in [6.45, 7) is 1.90. The summed E-state index contributed by atoms with van der Waals surface area (Å²) in [6.07, 6.45) is 2.17. The summed E-state index contributed by atoms with van der Waals surface area (Å²) < 4.78 is 10.7. The van der Waals surface area contributed by atoms with Crippen LogP contribution in [0.5, 0.6) is 11.5 Å². The fraction of sp³-hybridized carbons (Fsp3) is 0.211. The topological polar surface area (TPSA) is 63.3 Å². The van der Waals surface area contributed by atoms with Gasteiger partial charge in [-0.3, -0.25) is 4.79 Å². The number of methoxy groups -OCH3 is 2. The van der Waals surface area contributed by atoms with Crippen LogP contribution in [0.2, 0.25) is 0 Å². The zero-order valence-corrected chi connectivity index (χ0v) is 14.0. The Balaban J connectivity index is 1.81. The van der Waals surface area contributed by atoms with Crippen LogP contribution in [0.15, 0.2) is 42.6 Å². The average Bonchev–Trinajstić information content (AvgIpc) is 2.98. The largest absolute Gasteiger partial charge is 0.496 e. The molecule has 5 nitrogen and oxygen atoms in total. The predicted molar refractivity (Wildman–Crippen MR) is 94.9 cm³/mol. The van der Waals surface area contributed by atoms with E-state index in [1.807, 2.05) is 43.5 Å². The van der Waals surface area contributed by atoms with Crippen molar-refractivity contribution >= 4 is 22.5 Å². The van der Waals surface area contributed by atoms with Crippen LogP contribution in [0.1, 0.15) is 11.1 Å². The molecule has 0 aliphatic carbocycles. The molecule has 0 aliphatic rings. The molecule has 0 fully saturated rings. The van der Waals surface area contributed by atoms with E-state index in [2.05, 4.69) is 10.3 Å². The van der Waals surface area contributed by atoms with Gasteiger partial charge in [0.05, 0.1) is 26.3 Å². The van der Waals surface area contributed by atoms with Crippen molar-refractivity contribution in [2.24, 2.45) is 0 Å². The van der Waals surface area contributed by atoms with Gasteiger partial charge in [-0.15, -0.1) is 0 Å². The molecule has 3 rings (SSSR count). The molecule has 0 saturated carbocycles. The van der Waals surface area contributed by atoms with Crippen LogP contribution in [0, 0.1) is 6.92 Å². The molecular formula is C19H20N2O3. The van der Waals surface area contributed by atoms with Crippen LogP contribution in [-0.4, -0.2) is 25.1 Å². The number of carbonyl (C=O) groups is 1. The first-order valence-corrected chi connectivity index (χ1v) is 7.70. The van der Waals surface area contributed by atoms with Crippen molar-refractivity contribution in [3.8, 4) is 11.5 Å². The van der Waals surface area contributed by atoms with E-state index in [1.165, 1.54) is 0 Å². The number of hydrogen-bond donors (Lipinski definition) is 2. The summed E-state index contributed by atoms with van der Waals surface area (Å²) >= 11 is 0. The number of benzene rings is 2. The third-order valence-corrected chi connectivity index (χ3v) is 4.08. The fourth-order valence-corrected chi connectivity index (χ4v) is 2.90. The number of para-hydroxylation sites is 1. The Morgan fingerprint density at radius 2 is 1.92 bits per heavy atom. The standard InChI is InChI=1S/C19H20N2O3/c1-12-17(23-2)9-8-16(19(12)24-3)21-18(22)10-13-11-20-15-7-5-4-6-14(13)15/h4-9,11,20H,10H2,1-3H3,(H,21,22). The molecule has 0 saturated heterocycles. The molecule has 24 heavy (non-hydrogen) atoms. The maximum atomic E-state index is 12.4. The van der Waals surface area contributed by atoms with Crippen molar-refractivity contribution < 1.29 is 14.3 Å². The van der Waals surface area contributed by atoms with E-state index in [0.717, 1.165) is 27.8 Å². The van der Waals surface area contributed by atoms with Gasteiger partial charge in [0.1, 0.15) is 11.5 Å². The summed E-state index contributed by atoms with van der Waals surface area (Å²) in [5.41, 5.74) is 3.48. The van der Waals surface area contributed by atoms with E-state index in [-0.39, 0.29) is 12.3 Å². The Morgan fingerprint density at radius 3 is 2.67 bits per heavy atom. The number of aromatic nitrogens is 1. The van der Waals surface area contributed by atoms with E-state index in [9.17, 15) is 4.79 Å². The lowest BCUT2D eigenvalue weighted by atomic mass is 10.1. The minimum atomic E-state index is -0.0948. The Hall–Kier alpha value is -2.95. The molecule has 0 bridgehead atoms. The molecule has 0 atom stereocenters. The molecule has 0 radical (unpaired) electrons. The molecule has 124 valence electrons. The van der Waals surface area contributed by atoms with Gasteiger partial charge >= 0.3 is 0 Å². The Bertz CT molecular complexity index is 883. The van der Waals surface area contributed by atoms with Gasteiger partial charge in [0, 0.05) is 22.7 Å². The van der Waals surface area contributed by atoms with Crippen molar-refractivity contribution in [2.45, 2.75) is 13.3 Å². The minimum Gasteiger partial charge on any atom is -0.496 e. The third kappa shape index (κ3) is 2.93. The van der Waals surface area contributed by atoms with E-state index in [4.69, 9.17) is 9.47 Å². The van der Waals surface area contributed by atoms with Gasteiger partial charge in [0.25, 0.3) is 0 Å². The lowest BCUT2D eigenvalue weighted by Gasteiger charge is -2.15. The Kier molecular flexibility index (Phi) is 4.42. The van der Waals surface area contributed by atoms with E-state index >= 15 is 0 Å². The lowest BCUT2D eigenvalue weighted by Crippen LogP contribution is -2.15. The number of fused-ring (bicyclic) bond motifs is 1. The first kappa shape index (κ1) is 15.9. The number of aromatic amines is 1. The molecule has 2 aromatic carbocycles. The van der Waals surface area contributed by atoms with Crippen LogP contribution in [0.25, 0.3) is 10.9 Å². The summed E-state index contributed by atoms with van der Waals surface area (Å²) in [6, 6.07) is 11.5. The molecule has 0 unspecified atom stereocenters. The average molecular weight is 324 g/mol. The predicted octanol–water partition coefficient (Wildman–Crippen LogP) is 3.67. The molecule has 5 heteroatoms. The van der Waals surface area contributed by atoms with E-state index in [0.29, 0.717) is 11.4 Å². The second-order valence-corrected chi connectivity index (χ2v) is 5.56. The maximum Gasteiger partial charge on any atom is 0.228 e. The highest BCUT2D eigenvalue weighted by atomic mass is 16.5. The summed E-state index contributed by atoms with van der Waals surface area (Å²) in [5, 5.41) is 3.98. The molecule has 0 aliphatic heterocycles. The number of nitrogens with one attached hydrogen (secondary N) is 2. The van der Waals surface area contributed by atoms with Gasteiger partial charge in [-0.25, -0.2) is 0 Å². The second kappa shape index (κ2) is 6.66. The number of H-pyrrole nitrogens is 1. The molecule has 3 aromatic rings. The summed E-state index contributed by atoms with van der Waals surface area (Å²) in [4.78, 5) is 15.6. The van der Waals surface area contributed by atoms with Crippen LogP contribution < -0.4 is 14.8 Å². The fourth-order valence-electron chi connectivity index (χ4n) is 2.90. The van der Waals surface area contributed by atoms with Gasteiger partial charge in [-0.2, -0.15) is 0 Å². The van der Waals surface area contributed by atoms with Crippen LogP contribution in [0.3, 0.4) is 0 Å². The van der Waals surface area contributed by atoms with Crippen LogP contribution >= 0.6 is 0 Å². The first-order valence-electron chi connectivity index (χ1n) is 7.70. The third-order valence-electron chi connectivity index (χ3n) is 4.08. The van der Waals surface area contributed by atoms with Crippen molar-refractivity contribution in [1.82, 2.24) is 4.98 Å².